The molecule has 40 heavy (non-hydrogen) atoms. The number of nitrogens with zero attached hydrogens (tertiary/aromatic N) is 2. The molecular weight excluding hydrogens is 573 g/mol. The quantitative estimate of drug-likeness (QED) is 0.293. The van der Waals surface area contributed by atoms with Crippen LogP contribution in [-0.4, -0.2) is 50.9 Å². The first-order valence-corrected chi connectivity index (χ1v) is 14.9. The summed E-state index contributed by atoms with van der Waals surface area (Å²) in [4.78, 5) is 28.7. The lowest BCUT2D eigenvalue weighted by molar-refractivity contribution is -0.140. The van der Waals surface area contributed by atoms with Crippen molar-refractivity contribution in [2.24, 2.45) is 0 Å². The van der Waals surface area contributed by atoms with Crippen LogP contribution >= 0.6 is 23.2 Å². The number of carbonyl (C=O) groups is 2. The summed E-state index contributed by atoms with van der Waals surface area (Å²) in [6.07, 6.45) is 0.292. The fourth-order valence-corrected chi connectivity index (χ4v) is 6.04. The number of nitrogens with one attached hydrogen (secondary N) is 1. The second kappa shape index (κ2) is 13.9. The van der Waals surface area contributed by atoms with E-state index in [1.807, 2.05) is 13.8 Å². The summed E-state index contributed by atoms with van der Waals surface area (Å²) < 4.78 is 34.0. The average Bonchev–Trinajstić information content (AvgIpc) is 2.92. The van der Waals surface area contributed by atoms with Crippen molar-refractivity contribution in [3.05, 3.63) is 88.4 Å². The smallest absolute Gasteiger partial charge is 0.264 e. The van der Waals surface area contributed by atoms with E-state index in [-0.39, 0.29) is 29.1 Å². The Hall–Kier alpha value is -3.27. The molecule has 3 rings (SSSR count). The highest BCUT2D eigenvalue weighted by Gasteiger charge is 2.34. The zero-order valence-electron chi connectivity index (χ0n) is 22.8. The van der Waals surface area contributed by atoms with Crippen molar-refractivity contribution in [1.82, 2.24) is 10.2 Å². The second-order valence-corrected chi connectivity index (χ2v) is 12.1. The summed E-state index contributed by atoms with van der Waals surface area (Å²) in [5.41, 5.74) is 0.801. The van der Waals surface area contributed by atoms with Crippen LogP contribution in [0.4, 0.5) is 5.69 Å². The van der Waals surface area contributed by atoms with Crippen LogP contribution in [0.25, 0.3) is 0 Å². The molecule has 0 aliphatic carbocycles. The number of rotatable bonds is 12. The summed E-state index contributed by atoms with van der Waals surface area (Å²) in [6.45, 7) is 4.83. The summed E-state index contributed by atoms with van der Waals surface area (Å²) in [5.74, 6) is -0.514. The maximum atomic E-state index is 14.1. The topological polar surface area (TPSA) is 96.0 Å². The monoisotopic (exact) mass is 605 g/mol. The van der Waals surface area contributed by atoms with E-state index in [4.69, 9.17) is 27.9 Å². The molecule has 0 spiro atoms. The van der Waals surface area contributed by atoms with Crippen LogP contribution in [0.2, 0.25) is 10.0 Å². The molecule has 0 aromatic heterocycles. The number of sulfonamides is 1. The van der Waals surface area contributed by atoms with Gasteiger partial charge in [-0.2, -0.15) is 0 Å². The van der Waals surface area contributed by atoms with E-state index in [9.17, 15) is 18.0 Å². The van der Waals surface area contributed by atoms with E-state index in [1.54, 1.807) is 61.5 Å². The Balaban J connectivity index is 2.09. The van der Waals surface area contributed by atoms with Gasteiger partial charge in [0.1, 0.15) is 18.3 Å². The van der Waals surface area contributed by atoms with Crippen LogP contribution in [0.1, 0.15) is 32.8 Å². The molecule has 1 atom stereocenters. The van der Waals surface area contributed by atoms with E-state index < -0.39 is 28.5 Å². The molecule has 0 heterocycles. The Morgan fingerprint density at radius 1 is 0.975 bits per heavy atom. The number of hydrogen-bond donors (Lipinski definition) is 1. The Bertz CT molecular complexity index is 1430. The molecule has 0 fully saturated rings. The molecule has 0 radical (unpaired) electrons. The van der Waals surface area contributed by atoms with E-state index >= 15 is 0 Å². The third-order valence-corrected chi connectivity index (χ3v) is 8.50. The van der Waals surface area contributed by atoms with Crippen molar-refractivity contribution in [3.8, 4) is 5.75 Å². The summed E-state index contributed by atoms with van der Waals surface area (Å²) in [7, 11) is -2.71. The van der Waals surface area contributed by atoms with Gasteiger partial charge in [0, 0.05) is 28.7 Å². The van der Waals surface area contributed by atoms with Gasteiger partial charge in [0.15, 0.2) is 0 Å². The van der Waals surface area contributed by atoms with Crippen LogP contribution < -0.4 is 14.4 Å². The number of halogens is 2. The average molecular weight is 607 g/mol. The molecule has 0 saturated heterocycles. The zero-order chi connectivity index (χ0) is 29.4. The lowest BCUT2D eigenvalue weighted by Crippen LogP contribution is -2.53. The highest BCUT2D eigenvalue weighted by atomic mass is 35.5. The Morgan fingerprint density at radius 2 is 1.68 bits per heavy atom. The van der Waals surface area contributed by atoms with E-state index in [0.717, 1.165) is 4.31 Å². The van der Waals surface area contributed by atoms with Crippen molar-refractivity contribution < 1.29 is 22.7 Å². The molecule has 0 aliphatic heterocycles. The summed E-state index contributed by atoms with van der Waals surface area (Å²) in [6, 6.07) is 18.1. The molecule has 11 heteroatoms. The van der Waals surface area contributed by atoms with Crippen molar-refractivity contribution in [1.29, 1.82) is 0 Å². The Labute approximate surface area is 245 Å². The third kappa shape index (κ3) is 7.68. The van der Waals surface area contributed by atoms with Gasteiger partial charge in [0.05, 0.1) is 17.7 Å². The van der Waals surface area contributed by atoms with Gasteiger partial charge in [-0.1, -0.05) is 60.5 Å². The Kier molecular flexibility index (Phi) is 10.8. The van der Waals surface area contributed by atoms with Crippen molar-refractivity contribution in [2.75, 3.05) is 18.0 Å². The molecule has 0 aliphatic rings. The number of benzene rings is 3. The molecule has 0 bridgehead atoms. The molecule has 3 aromatic carbocycles. The molecule has 0 saturated carbocycles. The number of ether oxygens (including phenoxy) is 1. The first kappa shape index (κ1) is 31.3. The SMILES string of the molecule is CCC(C(=O)NC(C)C)N(Cc1ccc(Cl)cc1Cl)C(=O)CN(c1cccc(OC)c1)S(=O)(=O)c1ccccc1. The first-order chi connectivity index (χ1) is 19.0. The van der Waals surface area contributed by atoms with Crippen LogP contribution in [0, 0.1) is 0 Å². The molecule has 1 unspecified atom stereocenters. The van der Waals surface area contributed by atoms with Crippen LogP contribution in [0.3, 0.4) is 0 Å². The first-order valence-electron chi connectivity index (χ1n) is 12.7. The number of hydrogen-bond acceptors (Lipinski definition) is 5. The van der Waals surface area contributed by atoms with Crippen molar-refractivity contribution in [2.45, 2.75) is 50.7 Å². The lowest BCUT2D eigenvalue weighted by atomic mass is 10.1. The van der Waals surface area contributed by atoms with Crippen LogP contribution in [0.5, 0.6) is 5.75 Å². The van der Waals surface area contributed by atoms with Gasteiger partial charge in [0.2, 0.25) is 11.8 Å². The second-order valence-electron chi connectivity index (χ2n) is 9.37. The number of amides is 2. The standard InChI is InChI=1S/C29H33Cl2N3O5S/c1-5-27(29(36)32-20(2)3)33(18-21-14-15-22(30)16-26(21)31)28(35)19-34(23-10-9-11-24(17-23)39-4)40(37,38)25-12-7-6-8-13-25/h6-17,20,27H,5,18-19H2,1-4H3,(H,32,36). The van der Waals surface area contributed by atoms with Gasteiger partial charge in [0.25, 0.3) is 10.0 Å². The van der Waals surface area contributed by atoms with Gasteiger partial charge < -0.3 is 15.0 Å². The fraction of sp³-hybridized carbons (Fsp3) is 0.310. The van der Waals surface area contributed by atoms with E-state index in [0.29, 0.717) is 27.8 Å². The normalized spacial score (nSPS) is 12.1. The highest BCUT2D eigenvalue weighted by Crippen LogP contribution is 2.28. The third-order valence-electron chi connectivity index (χ3n) is 6.12. The minimum Gasteiger partial charge on any atom is -0.497 e. The maximum Gasteiger partial charge on any atom is 0.264 e. The molecule has 1 N–H and O–H groups in total. The molecule has 8 nitrogen and oxygen atoms in total. The van der Waals surface area contributed by atoms with Crippen molar-refractivity contribution in [3.63, 3.8) is 0 Å². The predicted octanol–water partition coefficient (Wildman–Crippen LogP) is 5.53. The molecule has 3 aromatic rings. The lowest BCUT2D eigenvalue weighted by Gasteiger charge is -2.33. The van der Waals surface area contributed by atoms with Gasteiger partial charge in [-0.25, -0.2) is 8.42 Å². The van der Waals surface area contributed by atoms with Gasteiger partial charge in [-0.3, -0.25) is 13.9 Å². The summed E-state index contributed by atoms with van der Waals surface area (Å²) >= 11 is 12.5. The number of carbonyl (C=O) groups excluding carboxylic acids is 2. The Morgan fingerprint density at radius 3 is 2.27 bits per heavy atom. The van der Waals surface area contributed by atoms with Crippen LogP contribution in [0.15, 0.2) is 77.7 Å². The molecule has 214 valence electrons. The minimum absolute atomic E-state index is 0.0162. The largest absolute Gasteiger partial charge is 0.497 e. The van der Waals surface area contributed by atoms with Crippen molar-refractivity contribution >= 4 is 50.7 Å². The zero-order valence-corrected chi connectivity index (χ0v) is 25.1. The highest BCUT2D eigenvalue weighted by molar-refractivity contribution is 7.92. The van der Waals surface area contributed by atoms with Gasteiger partial charge in [-0.05, 0) is 62.2 Å². The van der Waals surface area contributed by atoms with E-state index in [1.165, 1.54) is 30.2 Å². The number of anilines is 1. The van der Waals surface area contributed by atoms with Gasteiger partial charge >= 0.3 is 0 Å². The summed E-state index contributed by atoms with van der Waals surface area (Å²) in [5, 5.41) is 3.61. The predicted molar refractivity (Wildman–Crippen MR) is 158 cm³/mol. The van der Waals surface area contributed by atoms with Gasteiger partial charge in [-0.15, -0.1) is 0 Å². The van der Waals surface area contributed by atoms with E-state index in [2.05, 4.69) is 5.32 Å². The minimum atomic E-state index is -4.18. The maximum absolute atomic E-state index is 14.1. The fourth-order valence-electron chi connectivity index (χ4n) is 4.15. The molecular formula is C29H33Cl2N3O5S. The van der Waals surface area contributed by atoms with Crippen LogP contribution in [-0.2, 0) is 26.2 Å². The number of methoxy groups -OCH3 is 1. The molecule has 2 amide bonds.